The molecule has 0 bridgehead atoms. The molecular weight excluding hydrogens is 248 g/mol. The minimum Gasteiger partial charge on any atom is -0.444 e. The maximum Gasteiger partial charge on any atom is 0.410 e. The Bertz CT molecular complexity index is 321. The lowest BCUT2D eigenvalue weighted by Gasteiger charge is -2.39. The molecule has 0 saturated carbocycles. The van der Waals surface area contributed by atoms with Gasteiger partial charge in [-0.15, -0.1) is 0 Å². The Morgan fingerprint density at radius 3 is 2.58 bits per heavy atom. The van der Waals surface area contributed by atoms with Crippen LogP contribution in [0, 0.1) is 0 Å². The predicted octanol–water partition coefficient (Wildman–Crippen LogP) is 0.612. The van der Waals surface area contributed by atoms with E-state index in [1.807, 2.05) is 20.8 Å². The van der Waals surface area contributed by atoms with Gasteiger partial charge in [0.2, 0.25) is 0 Å². The van der Waals surface area contributed by atoms with E-state index in [2.05, 4.69) is 5.32 Å². The van der Waals surface area contributed by atoms with Crippen LogP contribution in [0.2, 0.25) is 0 Å². The maximum atomic E-state index is 12.2. The highest BCUT2D eigenvalue weighted by atomic mass is 16.6. The summed E-state index contributed by atoms with van der Waals surface area (Å²) in [5, 5.41) is 3.42. The molecule has 0 aromatic heterocycles. The van der Waals surface area contributed by atoms with Crippen LogP contribution in [-0.4, -0.2) is 68.2 Å². The van der Waals surface area contributed by atoms with Crippen LogP contribution in [0.3, 0.4) is 0 Å². The molecule has 1 unspecified atom stereocenters. The fourth-order valence-electron chi connectivity index (χ4n) is 2.32. The summed E-state index contributed by atoms with van der Waals surface area (Å²) in [5.41, 5.74) is -0.778. The third-order valence-corrected chi connectivity index (χ3v) is 3.15. The van der Waals surface area contributed by atoms with Gasteiger partial charge < -0.3 is 24.4 Å². The van der Waals surface area contributed by atoms with Gasteiger partial charge in [-0.1, -0.05) is 0 Å². The van der Waals surface area contributed by atoms with Crippen LogP contribution in [0.4, 0.5) is 4.79 Å². The number of rotatable bonds is 0. The largest absolute Gasteiger partial charge is 0.444 e. The number of hydrogen-bond donors (Lipinski definition) is 1. The van der Waals surface area contributed by atoms with Crippen LogP contribution < -0.4 is 5.32 Å². The van der Waals surface area contributed by atoms with E-state index >= 15 is 0 Å². The molecule has 2 rings (SSSR count). The molecule has 6 heteroatoms. The van der Waals surface area contributed by atoms with Crippen molar-refractivity contribution in [3.05, 3.63) is 0 Å². The first-order valence-corrected chi connectivity index (χ1v) is 6.79. The number of morpholine rings is 1. The first-order valence-electron chi connectivity index (χ1n) is 6.79. The molecule has 0 aromatic carbocycles. The Labute approximate surface area is 114 Å². The van der Waals surface area contributed by atoms with E-state index in [1.165, 1.54) is 0 Å². The van der Waals surface area contributed by atoms with Crippen molar-refractivity contribution < 1.29 is 19.0 Å². The Morgan fingerprint density at radius 1 is 1.26 bits per heavy atom. The molecule has 1 spiro atoms. The number of nitrogens with one attached hydrogen (secondary N) is 1. The molecule has 2 fully saturated rings. The van der Waals surface area contributed by atoms with E-state index in [9.17, 15) is 4.79 Å². The lowest BCUT2D eigenvalue weighted by Crippen LogP contribution is -2.62. The van der Waals surface area contributed by atoms with Crippen molar-refractivity contribution in [1.82, 2.24) is 10.2 Å². The summed E-state index contributed by atoms with van der Waals surface area (Å²) in [6, 6.07) is 0. The van der Waals surface area contributed by atoms with Gasteiger partial charge in [-0.25, -0.2) is 4.79 Å². The molecule has 0 aliphatic carbocycles. The summed E-state index contributed by atoms with van der Waals surface area (Å²) in [4.78, 5) is 13.9. The standard InChI is InChI=1S/C13H24N2O4/c1-12(2,3)19-11(16)15-5-7-18-10-13(8-15)9-17-6-4-14-13/h14H,4-10H2,1-3H3. The van der Waals surface area contributed by atoms with Gasteiger partial charge in [0.1, 0.15) is 5.60 Å². The summed E-state index contributed by atoms with van der Waals surface area (Å²) >= 11 is 0. The highest BCUT2D eigenvalue weighted by Crippen LogP contribution is 2.18. The molecule has 2 heterocycles. The Hall–Kier alpha value is -0.850. The van der Waals surface area contributed by atoms with Crippen molar-refractivity contribution in [2.24, 2.45) is 0 Å². The lowest BCUT2D eigenvalue weighted by atomic mass is 10.0. The second kappa shape index (κ2) is 5.64. The normalized spacial score (nSPS) is 29.1. The van der Waals surface area contributed by atoms with Gasteiger partial charge in [0.25, 0.3) is 0 Å². The third-order valence-electron chi connectivity index (χ3n) is 3.15. The van der Waals surface area contributed by atoms with E-state index in [4.69, 9.17) is 14.2 Å². The Balaban J connectivity index is 2.01. The van der Waals surface area contributed by atoms with Gasteiger partial charge in [-0.05, 0) is 20.8 Å². The average Bonchev–Trinajstić information content (AvgIpc) is 2.51. The zero-order valence-electron chi connectivity index (χ0n) is 12.0. The van der Waals surface area contributed by atoms with E-state index in [1.54, 1.807) is 4.90 Å². The molecule has 0 radical (unpaired) electrons. The molecule has 1 N–H and O–H groups in total. The average molecular weight is 272 g/mol. The van der Waals surface area contributed by atoms with Crippen molar-refractivity contribution in [1.29, 1.82) is 0 Å². The van der Waals surface area contributed by atoms with Gasteiger partial charge in [0.05, 0.1) is 32.0 Å². The first-order chi connectivity index (χ1) is 8.90. The molecule has 0 aromatic rings. The van der Waals surface area contributed by atoms with Gasteiger partial charge in [0.15, 0.2) is 0 Å². The van der Waals surface area contributed by atoms with E-state index in [0.717, 1.165) is 6.54 Å². The molecule has 19 heavy (non-hydrogen) atoms. The van der Waals surface area contributed by atoms with Crippen molar-refractivity contribution in [3.8, 4) is 0 Å². The molecule has 2 aliphatic heterocycles. The summed E-state index contributed by atoms with van der Waals surface area (Å²) in [6.07, 6.45) is -0.287. The zero-order valence-corrected chi connectivity index (χ0v) is 12.0. The number of carbonyl (C=O) groups excluding carboxylic acids is 1. The van der Waals surface area contributed by atoms with Crippen molar-refractivity contribution in [2.75, 3.05) is 46.1 Å². The number of amides is 1. The minimum atomic E-state index is -0.478. The lowest BCUT2D eigenvalue weighted by molar-refractivity contribution is -0.0195. The van der Waals surface area contributed by atoms with E-state index < -0.39 is 5.60 Å². The first kappa shape index (κ1) is 14.6. The van der Waals surface area contributed by atoms with Crippen LogP contribution in [0.5, 0.6) is 0 Å². The summed E-state index contributed by atoms with van der Waals surface area (Å²) < 4.78 is 16.6. The van der Waals surface area contributed by atoms with E-state index in [-0.39, 0.29) is 11.6 Å². The van der Waals surface area contributed by atoms with Crippen LogP contribution in [0.1, 0.15) is 20.8 Å². The van der Waals surface area contributed by atoms with Gasteiger partial charge in [-0.3, -0.25) is 0 Å². The fourth-order valence-corrected chi connectivity index (χ4v) is 2.32. The van der Waals surface area contributed by atoms with Crippen molar-refractivity contribution in [2.45, 2.75) is 31.9 Å². The quantitative estimate of drug-likeness (QED) is 0.700. The number of carbonyl (C=O) groups is 1. The highest BCUT2D eigenvalue weighted by Gasteiger charge is 2.39. The number of hydrogen-bond acceptors (Lipinski definition) is 5. The molecule has 1 atom stereocenters. The van der Waals surface area contributed by atoms with Gasteiger partial charge in [0, 0.05) is 19.6 Å². The van der Waals surface area contributed by atoms with Gasteiger partial charge in [-0.2, -0.15) is 0 Å². The second-order valence-electron chi connectivity index (χ2n) is 6.21. The molecule has 2 aliphatic rings. The minimum absolute atomic E-state index is 0.287. The van der Waals surface area contributed by atoms with Crippen LogP contribution >= 0.6 is 0 Å². The molecular formula is C13H24N2O4. The predicted molar refractivity (Wildman–Crippen MR) is 70.2 cm³/mol. The van der Waals surface area contributed by atoms with Crippen LogP contribution in [0.25, 0.3) is 0 Å². The Morgan fingerprint density at radius 2 is 1.95 bits per heavy atom. The van der Waals surface area contributed by atoms with Crippen molar-refractivity contribution in [3.63, 3.8) is 0 Å². The fraction of sp³-hybridized carbons (Fsp3) is 0.923. The SMILES string of the molecule is CC(C)(C)OC(=O)N1CCOCC2(COCCN2)C1. The summed E-state index contributed by atoms with van der Waals surface area (Å²) in [5.74, 6) is 0. The Kier molecular flexibility index (Phi) is 4.32. The van der Waals surface area contributed by atoms with Crippen LogP contribution in [-0.2, 0) is 14.2 Å². The molecule has 2 saturated heterocycles. The topological polar surface area (TPSA) is 60.0 Å². The second-order valence-corrected chi connectivity index (χ2v) is 6.21. The summed E-state index contributed by atoms with van der Waals surface area (Å²) in [7, 11) is 0. The van der Waals surface area contributed by atoms with Crippen molar-refractivity contribution >= 4 is 6.09 Å². The number of nitrogens with zero attached hydrogens (tertiary/aromatic N) is 1. The van der Waals surface area contributed by atoms with Gasteiger partial charge >= 0.3 is 6.09 Å². The highest BCUT2D eigenvalue weighted by molar-refractivity contribution is 5.68. The smallest absolute Gasteiger partial charge is 0.410 e. The number of ether oxygens (including phenoxy) is 3. The van der Waals surface area contributed by atoms with E-state index in [0.29, 0.717) is 39.5 Å². The molecule has 6 nitrogen and oxygen atoms in total. The summed E-state index contributed by atoms with van der Waals surface area (Å²) in [6.45, 7) is 9.87. The maximum absolute atomic E-state index is 12.2. The zero-order chi connectivity index (χ0) is 13.9. The van der Waals surface area contributed by atoms with Crippen LogP contribution in [0.15, 0.2) is 0 Å². The molecule has 110 valence electrons. The third kappa shape index (κ3) is 4.06. The molecule has 1 amide bonds. The monoisotopic (exact) mass is 272 g/mol.